The molecule has 2 aliphatic rings. The van der Waals surface area contributed by atoms with E-state index in [0.717, 1.165) is 31.4 Å². The van der Waals surface area contributed by atoms with E-state index in [1.165, 1.54) is 0 Å². The summed E-state index contributed by atoms with van der Waals surface area (Å²) in [5.74, 6) is 1.40. The quantitative estimate of drug-likeness (QED) is 0.246. The molecule has 2 heterocycles. The number of fused-ring (bicyclic) bond motifs is 1. The number of thioether (sulfide) groups is 1. The first-order chi connectivity index (χ1) is 14.6. The van der Waals surface area contributed by atoms with Crippen LogP contribution in [0.4, 0.5) is 4.79 Å². The van der Waals surface area contributed by atoms with E-state index in [9.17, 15) is 14.4 Å². The lowest BCUT2D eigenvalue weighted by Crippen LogP contribution is -2.36. The van der Waals surface area contributed by atoms with E-state index < -0.39 is 0 Å². The summed E-state index contributed by atoms with van der Waals surface area (Å²) in [6.07, 6.45) is 5.36. The second-order valence-corrected chi connectivity index (χ2v) is 9.07. The van der Waals surface area contributed by atoms with Gasteiger partial charge >= 0.3 is 6.03 Å². The van der Waals surface area contributed by atoms with E-state index in [-0.39, 0.29) is 23.9 Å². The summed E-state index contributed by atoms with van der Waals surface area (Å²) >= 11 is 1.92. The Morgan fingerprint density at radius 3 is 2.30 bits per heavy atom. The summed E-state index contributed by atoms with van der Waals surface area (Å²) in [4.78, 5) is 34.1. The van der Waals surface area contributed by atoms with E-state index in [2.05, 4.69) is 10.6 Å². The third-order valence-corrected chi connectivity index (χ3v) is 6.73. The molecular weight excluding hydrogens is 408 g/mol. The zero-order chi connectivity index (χ0) is 21.6. The minimum absolute atomic E-state index is 0.0468. The van der Waals surface area contributed by atoms with Crippen molar-refractivity contribution >= 4 is 29.4 Å². The van der Waals surface area contributed by atoms with Gasteiger partial charge in [-0.15, -0.1) is 0 Å². The lowest BCUT2D eigenvalue weighted by molar-refractivity contribution is -0.120. The Balaban J connectivity index is 1.32. The van der Waals surface area contributed by atoms with Gasteiger partial charge in [-0.1, -0.05) is 6.42 Å². The zero-order valence-electron chi connectivity index (χ0n) is 18.0. The molecule has 3 unspecified atom stereocenters. The van der Waals surface area contributed by atoms with Crippen molar-refractivity contribution < 1.29 is 28.6 Å². The third kappa shape index (κ3) is 10.2. The van der Waals surface area contributed by atoms with Crippen LogP contribution in [0.1, 0.15) is 51.9 Å². The number of unbranched alkanes of at least 4 members (excludes halogenated alkanes) is 1. The van der Waals surface area contributed by atoms with Gasteiger partial charge in [-0.05, 0) is 26.2 Å². The molecule has 0 bridgehead atoms. The first-order valence-corrected chi connectivity index (χ1v) is 12.0. The number of amides is 2. The number of carbonyl (C=O) groups is 3. The minimum Gasteiger partial charge on any atom is -0.379 e. The van der Waals surface area contributed by atoms with Crippen molar-refractivity contribution in [2.24, 2.45) is 0 Å². The number of hydrogen-bond donors (Lipinski definition) is 2. The summed E-state index contributed by atoms with van der Waals surface area (Å²) in [5.41, 5.74) is 0. The number of nitrogens with one attached hydrogen (secondary N) is 2. The van der Waals surface area contributed by atoms with Crippen molar-refractivity contribution in [3.63, 3.8) is 0 Å². The highest BCUT2D eigenvalue weighted by atomic mass is 32.2. The van der Waals surface area contributed by atoms with E-state index in [1.807, 2.05) is 11.8 Å². The molecule has 2 N–H and O–H groups in total. The molecule has 0 saturated carbocycles. The van der Waals surface area contributed by atoms with E-state index in [1.54, 1.807) is 6.92 Å². The van der Waals surface area contributed by atoms with E-state index >= 15 is 0 Å². The summed E-state index contributed by atoms with van der Waals surface area (Å²) in [7, 11) is 0. The van der Waals surface area contributed by atoms with Crippen LogP contribution < -0.4 is 10.6 Å². The fourth-order valence-electron chi connectivity index (χ4n) is 3.56. The SMILES string of the molecule is CC(=O)CCOCCOCCOCCCC(=O)CCCCC1SCC2NC(=O)NC21. The van der Waals surface area contributed by atoms with Crippen LogP contribution in [0.25, 0.3) is 0 Å². The second kappa shape index (κ2) is 14.8. The lowest BCUT2D eigenvalue weighted by atomic mass is 10.0. The van der Waals surface area contributed by atoms with Crippen molar-refractivity contribution in [2.75, 3.05) is 45.4 Å². The molecule has 0 radical (unpaired) electrons. The minimum atomic E-state index is -0.0468. The normalized spacial score (nSPS) is 22.6. The van der Waals surface area contributed by atoms with Crippen LogP contribution in [0.2, 0.25) is 0 Å². The molecule has 172 valence electrons. The van der Waals surface area contributed by atoms with Crippen molar-refractivity contribution in [3.8, 4) is 0 Å². The maximum atomic E-state index is 12.0. The molecule has 0 aromatic rings. The van der Waals surface area contributed by atoms with Gasteiger partial charge in [0.1, 0.15) is 11.6 Å². The Morgan fingerprint density at radius 1 is 0.900 bits per heavy atom. The number of urea groups is 1. The molecule has 3 atom stereocenters. The highest BCUT2D eigenvalue weighted by Crippen LogP contribution is 2.33. The number of rotatable bonds is 18. The van der Waals surface area contributed by atoms with Gasteiger partial charge in [0.05, 0.1) is 45.1 Å². The molecule has 2 amide bonds. The number of hydrogen-bond acceptors (Lipinski definition) is 7. The third-order valence-electron chi connectivity index (χ3n) is 5.22. The van der Waals surface area contributed by atoms with Crippen LogP contribution in [0.5, 0.6) is 0 Å². The zero-order valence-corrected chi connectivity index (χ0v) is 18.8. The lowest BCUT2D eigenvalue weighted by Gasteiger charge is -2.16. The first-order valence-electron chi connectivity index (χ1n) is 11.0. The van der Waals surface area contributed by atoms with Crippen LogP contribution in [-0.4, -0.2) is 80.3 Å². The summed E-state index contributed by atoms with van der Waals surface area (Å²) in [5, 5.41) is 6.42. The molecule has 2 fully saturated rings. The standard InChI is InChI=1S/C21H36N2O6S/c1-16(24)8-10-28-12-14-29-13-11-27-9-4-6-17(25)5-2-3-7-19-20-18(15-30-19)22-21(26)23-20/h18-20H,2-15H2,1H3,(H2,22,23,26). The highest BCUT2D eigenvalue weighted by molar-refractivity contribution is 8.00. The average Bonchev–Trinajstić information content (AvgIpc) is 3.25. The van der Waals surface area contributed by atoms with Crippen LogP contribution in [0.15, 0.2) is 0 Å². The summed E-state index contributed by atoms with van der Waals surface area (Å²) < 4.78 is 16.1. The molecule has 0 spiro atoms. The Morgan fingerprint density at radius 2 is 1.57 bits per heavy atom. The number of ketones is 2. The molecule has 0 aliphatic carbocycles. The maximum Gasteiger partial charge on any atom is 0.315 e. The molecule has 0 aromatic carbocycles. The van der Waals surface area contributed by atoms with Gasteiger partial charge in [-0.2, -0.15) is 11.8 Å². The number of carbonyl (C=O) groups excluding carboxylic acids is 3. The molecular formula is C21H36N2O6S. The number of ether oxygens (including phenoxy) is 3. The van der Waals surface area contributed by atoms with Crippen molar-refractivity contribution in [2.45, 2.75) is 69.2 Å². The topological polar surface area (TPSA) is 103 Å². The Labute approximate surface area is 183 Å². The van der Waals surface area contributed by atoms with Crippen LogP contribution >= 0.6 is 11.8 Å². The number of Topliss-reactive ketones (excluding diaryl/α,β-unsaturated/α-hetero) is 2. The molecule has 30 heavy (non-hydrogen) atoms. The molecule has 2 rings (SSSR count). The predicted molar refractivity (Wildman–Crippen MR) is 116 cm³/mol. The van der Waals surface area contributed by atoms with Gasteiger partial charge in [0.15, 0.2) is 0 Å². The van der Waals surface area contributed by atoms with Crippen molar-refractivity contribution in [1.29, 1.82) is 0 Å². The summed E-state index contributed by atoms with van der Waals surface area (Å²) in [6.45, 7) is 4.54. The Bertz CT molecular complexity index is 548. The second-order valence-electron chi connectivity index (χ2n) is 7.80. The van der Waals surface area contributed by atoms with Gasteiger partial charge in [-0.3, -0.25) is 9.59 Å². The van der Waals surface area contributed by atoms with Gasteiger partial charge in [0, 0.05) is 36.9 Å². The fraction of sp³-hybridized carbons (Fsp3) is 0.857. The molecule has 2 saturated heterocycles. The summed E-state index contributed by atoms with van der Waals surface area (Å²) in [6, 6.07) is 0.471. The predicted octanol–water partition coefficient (Wildman–Crippen LogP) is 2.09. The van der Waals surface area contributed by atoms with E-state index in [4.69, 9.17) is 14.2 Å². The molecule has 9 heteroatoms. The maximum absolute atomic E-state index is 12.0. The van der Waals surface area contributed by atoms with Gasteiger partial charge in [0.25, 0.3) is 0 Å². The van der Waals surface area contributed by atoms with E-state index in [0.29, 0.717) is 69.9 Å². The van der Waals surface area contributed by atoms with Crippen molar-refractivity contribution in [3.05, 3.63) is 0 Å². The molecule has 2 aliphatic heterocycles. The fourth-order valence-corrected chi connectivity index (χ4v) is 5.11. The van der Waals surface area contributed by atoms with Gasteiger partial charge in [0.2, 0.25) is 0 Å². The van der Waals surface area contributed by atoms with Crippen LogP contribution in [0.3, 0.4) is 0 Å². The highest BCUT2D eigenvalue weighted by Gasteiger charge is 2.42. The van der Waals surface area contributed by atoms with Gasteiger partial charge in [-0.25, -0.2) is 4.79 Å². The molecule has 0 aromatic heterocycles. The monoisotopic (exact) mass is 444 g/mol. The molecule has 8 nitrogen and oxygen atoms in total. The smallest absolute Gasteiger partial charge is 0.315 e. The van der Waals surface area contributed by atoms with Gasteiger partial charge < -0.3 is 24.8 Å². The first kappa shape index (κ1) is 25.1. The van der Waals surface area contributed by atoms with Crippen LogP contribution in [0, 0.1) is 0 Å². The van der Waals surface area contributed by atoms with Crippen molar-refractivity contribution in [1.82, 2.24) is 10.6 Å². The van der Waals surface area contributed by atoms with Crippen LogP contribution in [-0.2, 0) is 23.8 Å². The largest absolute Gasteiger partial charge is 0.379 e. The Kier molecular flexibility index (Phi) is 12.4. The average molecular weight is 445 g/mol. The Hall–Kier alpha value is -1.16.